The lowest BCUT2D eigenvalue weighted by Crippen LogP contribution is -2.31. The number of hydrogen-bond acceptors (Lipinski definition) is 3. The zero-order valence-corrected chi connectivity index (χ0v) is 12.0. The third-order valence-corrected chi connectivity index (χ3v) is 2.56. The molecular formula is C14H28O3. The Hall–Kier alpha value is -0.410. The summed E-state index contributed by atoms with van der Waals surface area (Å²) in [5, 5.41) is 0. The molecule has 0 rings (SSSR count). The summed E-state index contributed by atoms with van der Waals surface area (Å²) in [5.74, 6) is 0.914. The Morgan fingerprint density at radius 3 is 2.41 bits per heavy atom. The van der Waals surface area contributed by atoms with Gasteiger partial charge in [-0.3, -0.25) is 4.79 Å². The highest BCUT2D eigenvalue weighted by atomic mass is 16.5. The van der Waals surface area contributed by atoms with Crippen LogP contribution in [0.1, 0.15) is 53.9 Å². The van der Waals surface area contributed by atoms with Crippen molar-refractivity contribution in [3.05, 3.63) is 0 Å². The van der Waals surface area contributed by atoms with Gasteiger partial charge in [0.15, 0.2) is 0 Å². The van der Waals surface area contributed by atoms with Crippen LogP contribution in [-0.4, -0.2) is 31.2 Å². The van der Waals surface area contributed by atoms with Crippen LogP contribution in [0.3, 0.4) is 0 Å². The second-order valence-electron chi connectivity index (χ2n) is 5.49. The Labute approximate surface area is 106 Å². The Bertz CT molecular complexity index is 210. The summed E-state index contributed by atoms with van der Waals surface area (Å²) in [6, 6.07) is 0. The van der Waals surface area contributed by atoms with Gasteiger partial charge in [-0.15, -0.1) is 0 Å². The first-order valence-corrected chi connectivity index (χ1v) is 6.60. The first kappa shape index (κ1) is 16.6. The number of hydrogen-bond donors (Lipinski definition) is 0. The van der Waals surface area contributed by atoms with Crippen molar-refractivity contribution in [3.8, 4) is 0 Å². The van der Waals surface area contributed by atoms with Crippen molar-refractivity contribution < 1.29 is 14.3 Å². The predicted molar refractivity (Wildman–Crippen MR) is 70.2 cm³/mol. The molecule has 0 aromatic carbocycles. The maximum Gasteiger partial charge on any atom is 0.134 e. The van der Waals surface area contributed by atoms with Gasteiger partial charge >= 0.3 is 0 Å². The molecule has 0 bridgehead atoms. The van der Waals surface area contributed by atoms with Gasteiger partial charge in [-0.1, -0.05) is 20.8 Å². The summed E-state index contributed by atoms with van der Waals surface area (Å²) in [5.41, 5.74) is -0.260. The van der Waals surface area contributed by atoms with E-state index < -0.39 is 0 Å². The van der Waals surface area contributed by atoms with Gasteiger partial charge < -0.3 is 9.47 Å². The molecule has 0 amide bonds. The molecule has 0 spiro atoms. The summed E-state index contributed by atoms with van der Waals surface area (Å²) in [6.45, 7) is 12.1. The summed E-state index contributed by atoms with van der Waals surface area (Å²) in [7, 11) is 0. The standard InChI is InChI=1S/C14H28O3/c1-6-13(15)8-9-16-11-14(4,5)17-10-7-12(2)3/h12H,6-11H2,1-5H3. The van der Waals surface area contributed by atoms with E-state index in [1.807, 2.05) is 20.8 Å². The third-order valence-electron chi connectivity index (χ3n) is 2.56. The maximum absolute atomic E-state index is 11.1. The van der Waals surface area contributed by atoms with Crippen molar-refractivity contribution in [2.45, 2.75) is 59.5 Å². The van der Waals surface area contributed by atoms with Crippen LogP contribution >= 0.6 is 0 Å². The average Bonchev–Trinajstić information content (AvgIpc) is 2.23. The normalized spacial score (nSPS) is 12.1. The van der Waals surface area contributed by atoms with E-state index >= 15 is 0 Å². The SMILES string of the molecule is CCC(=O)CCOCC(C)(C)OCCC(C)C. The molecule has 17 heavy (non-hydrogen) atoms. The van der Waals surface area contributed by atoms with Gasteiger partial charge in [-0.2, -0.15) is 0 Å². The minimum atomic E-state index is -0.260. The van der Waals surface area contributed by atoms with Crippen molar-refractivity contribution in [3.63, 3.8) is 0 Å². The largest absolute Gasteiger partial charge is 0.378 e. The Balaban J connectivity index is 3.59. The van der Waals surface area contributed by atoms with Crippen molar-refractivity contribution in [1.29, 1.82) is 0 Å². The number of ketones is 1. The van der Waals surface area contributed by atoms with Crippen LogP contribution < -0.4 is 0 Å². The van der Waals surface area contributed by atoms with E-state index in [4.69, 9.17) is 9.47 Å². The highest BCUT2D eigenvalue weighted by molar-refractivity contribution is 5.78. The molecule has 0 unspecified atom stereocenters. The van der Waals surface area contributed by atoms with Crippen LogP contribution in [0.2, 0.25) is 0 Å². The van der Waals surface area contributed by atoms with E-state index in [0.717, 1.165) is 13.0 Å². The summed E-state index contributed by atoms with van der Waals surface area (Å²) < 4.78 is 11.2. The Morgan fingerprint density at radius 1 is 1.24 bits per heavy atom. The van der Waals surface area contributed by atoms with Crippen molar-refractivity contribution >= 4 is 5.78 Å². The fourth-order valence-corrected chi connectivity index (χ4v) is 1.29. The molecule has 0 saturated heterocycles. The summed E-state index contributed by atoms with van der Waals surface area (Å²) >= 11 is 0. The van der Waals surface area contributed by atoms with Crippen LogP contribution in [0.5, 0.6) is 0 Å². The van der Waals surface area contributed by atoms with Crippen molar-refractivity contribution in [1.82, 2.24) is 0 Å². The third kappa shape index (κ3) is 10.5. The summed E-state index contributed by atoms with van der Waals surface area (Å²) in [6.07, 6.45) is 2.17. The van der Waals surface area contributed by atoms with Crippen LogP contribution in [0.15, 0.2) is 0 Å². The minimum absolute atomic E-state index is 0.253. The van der Waals surface area contributed by atoms with Gasteiger partial charge in [-0.25, -0.2) is 0 Å². The van der Waals surface area contributed by atoms with Crippen molar-refractivity contribution in [2.75, 3.05) is 19.8 Å². The van der Waals surface area contributed by atoms with E-state index in [9.17, 15) is 4.79 Å². The van der Waals surface area contributed by atoms with E-state index in [1.54, 1.807) is 0 Å². The molecular weight excluding hydrogens is 216 g/mol. The molecule has 3 heteroatoms. The van der Waals surface area contributed by atoms with E-state index in [0.29, 0.717) is 32.0 Å². The molecule has 0 aliphatic rings. The number of ether oxygens (including phenoxy) is 2. The molecule has 0 radical (unpaired) electrons. The van der Waals surface area contributed by atoms with Crippen LogP contribution in [0, 0.1) is 5.92 Å². The van der Waals surface area contributed by atoms with Crippen LogP contribution in [0.25, 0.3) is 0 Å². The average molecular weight is 244 g/mol. The van der Waals surface area contributed by atoms with E-state index in [2.05, 4.69) is 13.8 Å². The fraction of sp³-hybridized carbons (Fsp3) is 0.929. The molecule has 0 heterocycles. The number of carbonyl (C=O) groups is 1. The number of carbonyl (C=O) groups excluding carboxylic acids is 1. The zero-order valence-electron chi connectivity index (χ0n) is 12.0. The highest BCUT2D eigenvalue weighted by Crippen LogP contribution is 2.12. The first-order valence-electron chi connectivity index (χ1n) is 6.60. The molecule has 0 atom stereocenters. The van der Waals surface area contributed by atoms with Gasteiger partial charge in [-0.05, 0) is 26.2 Å². The Morgan fingerprint density at radius 2 is 1.88 bits per heavy atom. The second kappa shape index (κ2) is 8.65. The highest BCUT2D eigenvalue weighted by Gasteiger charge is 2.18. The molecule has 0 aromatic rings. The monoisotopic (exact) mass is 244 g/mol. The predicted octanol–water partition coefficient (Wildman–Crippen LogP) is 3.21. The van der Waals surface area contributed by atoms with Gasteiger partial charge in [0, 0.05) is 19.4 Å². The second-order valence-corrected chi connectivity index (χ2v) is 5.49. The van der Waals surface area contributed by atoms with Gasteiger partial charge in [0.25, 0.3) is 0 Å². The first-order chi connectivity index (χ1) is 7.87. The van der Waals surface area contributed by atoms with Gasteiger partial charge in [0.05, 0.1) is 18.8 Å². The van der Waals surface area contributed by atoms with Gasteiger partial charge in [0.1, 0.15) is 5.78 Å². The molecule has 0 saturated carbocycles. The van der Waals surface area contributed by atoms with E-state index in [-0.39, 0.29) is 11.4 Å². The zero-order chi connectivity index (χ0) is 13.3. The lowest BCUT2D eigenvalue weighted by atomic mass is 10.1. The van der Waals surface area contributed by atoms with Crippen LogP contribution in [0.4, 0.5) is 0 Å². The molecule has 0 aromatic heterocycles. The lowest BCUT2D eigenvalue weighted by Gasteiger charge is -2.25. The molecule has 0 aliphatic heterocycles. The number of rotatable bonds is 10. The topological polar surface area (TPSA) is 35.5 Å². The van der Waals surface area contributed by atoms with Gasteiger partial charge in [0.2, 0.25) is 0 Å². The Kier molecular flexibility index (Phi) is 8.44. The van der Waals surface area contributed by atoms with Crippen LogP contribution in [-0.2, 0) is 14.3 Å². The number of Topliss-reactive ketones (excluding diaryl/α,β-unsaturated/α-hetero) is 1. The van der Waals surface area contributed by atoms with E-state index in [1.165, 1.54) is 0 Å². The van der Waals surface area contributed by atoms with Crippen molar-refractivity contribution in [2.24, 2.45) is 5.92 Å². The smallest absolute Gasteiger partial charge is 0.134 e. The molecule has 0 aliphatic carbocycles. The fourth-order valence-electron chi connectivity index (χ4n) is 1.29. The lowest BCUT2D eigenvalue weighted by molar-refractivity contribution is -0.121. The quantitative estimate of drug-likeness (QED) is 0.554. The summed E-state index contributed by atoms with van der Waals surface area (Å²) in [4.78, 5) is 11.1. The maximum atomic E-state index is 11.1. The molecule has 102 valence electrons. The molecule has 0 fully saturated rings. The minimum Gasteiger partial charge on any atom is -0.378 e. The molecule has 0 N–H and O–H groups in total. The molecule has 3 nitrogen and oxygen atoms in total.